The van der Waals surface area contributed by atoms with Crippen molar-refractivity contribution in [3.05, 3.63) is 36.2 Å². The van der Waals surface area contributed by atoms with Crippen molar-refractivity contribution < 1.29 is 0 Å². The van der Waals surface area contributed by atoms with Gasteiger partial charge in [-0.1, -0.05) is 13.8 Å². The lowest BCUT2D eigenvalue weighted by Gasteiger charge is -2.12. The van der Waals surface area contributed by atoms with E-state index in [4.69, 9.17) is 5.73 Å². The van der Waals surface area contributed by atoms with Crippen molar-refractivity contribution in [3.63, 3.8) is 0 Å². The topological polar surface area (TPSA) is 61.7 Å². The zero-order valence-electron chi connectivity index (χ0n) is 11.8. The monoisotopic (exact) mass is 261 g/mol. The van der Waals surface area contributed by atoms with Crippen LogP contribution in [0.1, 0.15) is 44.2 Å². The number of aromatic nitrogens is 4. The lowest BCUT2D eigenvalue weighted by molar-refractivity contribution is 0.424. The fraction of sp³-hybridized carbons (Fsp3) is 0.571. The first kappa shape index (κ1) is 13.8. The van der Waals surface area contributed by atoms with Crippen molar-refractivity contribution in [1.82, 2.24) is 19.3 Å². The van der Waals surface area contributed by atoms with E-state index in [2.05, 4.69) is 45.4 Å². The van der Waals surface area contributed by atoms with Crippen LogP contribution in [-0.4, -0.2) is 25.9 Å². The van der Waals surface area contributed by atoms with Crippen LogP contribution in [0.4, 0.5) is 0 Å². The van der Waals surface area contributed by atoms with Crippen LogP contribution >= 0.6 is 0 Å². The fourth-order valence-electron chi connectivity index (χ4n) is 2.34. The molecule has 5 nitrogen and oxygen atoms in total. The minimum Gasteiger partial charge on any atom is -0.330 e. The summed E-state index contributed by atoms with van der Waals surface area (Å²) in [6, 6.07) is 2.59. The van der Waals surface area contributed by atoms with E-state index >= 15 is 0 Å². The van der Waals surface area contributed by atoms with Crippen molar-refractivity contribution in [2.45, 2.75) is 45.7 Å². The van der Waals surface area contributed by atoms with Crippen LogP contribution in [0.25, 0.3) is 0 Å². The van der Waals surface area contributed by atoms with Gasteiger partial charge in [0.15, 0.2) is 0 Å². The van der Waals surface area contributed by atoms with Crippen LogP contribution in [0.2, 0.25) is 0 Å². The highest BCUT2D eigenvalue weighted by atomic mass is 15.3. The van der Waals surface area contributed by atoms with Gasteiger partial charge < -0.3 is 10.3 Å². The molecular formula is C14H23N5. The second-order valence-electron chi connectivity index (χ2n) is 4.77. The van der Waals surface area contributed by atoms with Crippen molar-refractivity contribution in [1.29, 1.82) is 0 Å². The summed E-state index contributed by atoms with van der Waals surface area (Å²) in [5, 5.41) is 4.67. The lowest BCUT2D eigenvalue weighted by Crippen LogP contribution is -2.12. The molecule has 0 bridgehead atoms. The molecule has 5 heteroatoms. The van der Waals surface area contributed by atoms with Gasteiger partial charge in [0.1, 0.15) is 5.82 Å². The van der Waals surface area contributed by atoms with Gasteiger partial charge in [0.25, 0.3) is 0 Å². The first-order valence-corrected chi connectivity index (χ1v) is 7.02. The molecule has 0 spiro atoms. The minimum absolute atomic E-state index is 0.500. The van der Waals surface area contributed by atoms with Crippen LogP contribution < -0.4 is 5.73 Å². The molecule has 0 saturated heterocycles. The van der Waals surface area contributed by atoms with Crippen LogP contribution in [0.5, 0.6) is 0 Å². The van der Waals surface area contributed by atoms with Gasteiger partial charge >= 0.3 is 0 Å². The van der Waals surface area contributed by atoms with E-state index in [0.29, 0.717) is 12.6 Å². The lowest BCUT2D eigenvalue weighted by atomic mass is 10.2. The molecule has 2 heterocycles. The third-order valence-corrected chi connectivity index (χ3v) is 3.48. The molecule has 104 valence electrons. The number of rotatable bonds is 7. The van der Waals surface area contributed by atoms with E-state index in [-0.39, 0.29) is 0 Å². The van der Waals surface area contributed by atoms with Gasteiger partial charge in [-0.15, -0.1) is 0 Å². The molecule has 0 unspecified atom stereocenters. The van der Waals surface area contributed by atoms with Crippen molar-refractivity contribution >= 4 is 0 Å². The molecular weight excluding hydrogens is 238 g/mol. The van der Waals surface area contributed by atoms with Crippen molar-refractivity contribution in [2.75, 3.05) is 6.54 Å². The SMILES string of the molecule is CCC(CC)n1ccc(Cn2ccnc2CCN)n1. The summed E-state index contributed by atoms with van der Waals surface area (Å²) in [6.45, 7) is 5.79. The highest BCUT2D eigenvalue weighted by molar-refractivity contribution is 5.04. The van der Waals surface area contributed by atoms with Gasteiger partial charge in [0.2, 0.25) is 0 Å². The molecule has 2 aromatic rings. The van der Waals surface area contributed by atoms with Crippen LogP contribution in [0.15, 0.2) is 24.7 Å². The Hall–Kier alpha value is -1.62. The minimum atomic E-state index is 0.500. The molecule has 0 aliphatic carbocycles. The van der Waals surface area contributed by atoms with Crippen LogP contribution in [-0.2, 0) is 13.0 Å². The van der Waals surface area contributed by atoms with E-state index in [1.165, 1.54) is 0 Å². The maximum Gasteiger partial charge on any atom is 0.110 e. The molecule has 2 N–H and O–H groups in total. The highest BCUT2D eigenvalue weighted by Crippen LogP contribution is 2.15. The quantitative estimate of drug-likeness (QED) is 0.829. The standard InChI is InChI=1S/C14H23N5/c1-3-13(4-2)19-9-6-12(17-19)11-18-10-8-16-14(18)5-7-15/h6,8-10,13H,3-5,7,11,15H2,1-2H3. The second kappa shape index (κ2) is 6.52. The van der Waals surface area contributed by atoms with E-state index in [0.717, 1.165) is 37.3 Å². The number of hydrogen-bond acceptors (Lipinski definition) is 3. The summed E-state index contributed by atoms with van der Waals surface area (Å²) in [5.74, 6) is 1.03. The van der Waals surface area contributed by atoms with Gasteiger partial charge in [0.05, 0.1) is 18.3 Å². The third-order valence-electron chi connectivity index (χ3n) is 3.48. The summed E-state index contributed by atoms with van der Waals surface area (Å²) < 4.78 is 4.20. The molecule has 0 aromatic carbocycles. The molecule has 0 aliphatic rings. The maximum absolute atomic E-state index is 5.59. The summed E-state index contributed by atoms with van der Waals surface area (Å²) in [4.78, 5) is 4.32. The summed E-state index contributed by atoms with van der Waals surface area (Å²) in [5.41, 5.74) is 6.66. The molecule has 0 fully saturated rings. The van der Waals surface area contributed by atoms with E-state index < -0.39 is 0 Å². The maximum atomic E-state index is 5.59. The van der Waals surface area contributed by atoms with Gasteiger partial charge in [-0.2, -0.15) is 5.10 Å². The zero-order chi connectivity index (χ0) is 13.7. The average molecular weight is 261 g/mol. The number of nitrogens with zero attached hydrogens (tertiary/aromatic N) is 4. The smallest absolute Gasteiger partial charge is 0.110 e. The Labute approximate surface area is 114 Å². The van der Waals surface area contributed by atoms with Gasteiger partial charge in [-0.25, -0.2) is 4.98 Å². The Balaban J connectivity index is 2.09. The molecule has 19 heavy (non-hydrogen) atoms. The number of hydrogen-bond donors (Lipinski definition) is 1. The molecule has 0 aliphatic heterocycles. The molecule has 0 atom stereocenters. The molecule has 0 radical (unpaired) electrons. The fourth-order valence-corrected chi connectivity index (χ4v) is 2.34. The Kier molecular flexibility index (Phi) is 4.74. The third kappa shape index (κ3) is 3.23. The van der Waals surface area contributed by atoms with Gasteiger partial charge in [-0.05, 0) is 25.5 Å². The Bertz CT molecular complexity index is 495. The second-order valence-corrected chi connectivity index (χ2v) is 4.77. The first-order valence-electron chi connectivity index (χ1n) is 7.02. The van der Waals surface area contributed by atoms with Crippen molar-refractivity contribution in [2.24, 2.45) is 5.73 Å². The summed E-state index contributed by atoms with van der Waals surface area (Å²) >= 11 is 0. The van der Waals surface area contributed by atoms with Gasteiger partial charge in [0, 0.05) is 25.0 Å². The van der Waals surface area contributed by atoms with Crippen LogP contribution in [0, 0.1) is 0 Å². The highest BCUT2D eigenvalue weighted by Gasteiger charge is 2.09. The molecule has 2 rings (SSSR count). The average Bonchev–Trinajstić information content (AvgIpc) is 3.03. The zero-order valence-corrected chi connectivity index (χ0v) is 11.8. The van der Waals surface area contributed by atoms with Crippen LogP contribution in [0.3, 0.4) is 0 Å². The normalized spacial score (nSPS) is 11.4. The molecule has 2 aromatic heterocycles. The molecule has 0 amide bonds. The Morgan fingerprint density at radius 3 is 2.74 bits per heavy atom. The largest absolute Gasteiger partial charge is 0.330 e. The first-order chi connectivity index (χ1) is 9.28. The predicted molar refractivity (Wildman–Crippen MR) is 75.9 cm³/mol. The number of nitrogens with two attached hydrogens (primary N) is 1. The van der Waals surface area contributed by atoms with Crippen molar-refractivity contribution in [3.8, 4) is 0 Å². The van der Waals surface area contributed by atoms with E-state index in [1.54, 1.807) is 0 Å². The van der Waals surface area contributed by atoms with Gasteiger partial charge in [-0.3, -0.25) is 4.68 Å². The summed E-state index contributed by atoms with van der Waals surface area (Å²) in [7, 11) is 0. The Morgan fingerprint density at radius 2 is 2.05 bits per heavy atom. The predicted octanol–water partition coefficient (Wildman–Crippen LogP) is 1.99. The number of imidazole rings is 1. The van der Waals surface area contributed by atoms with E-state index in [1.807, 2.05) is 12.4 Å². The van der Waals surface area contributed by atoms with E-state index in [9.17, 15) is 0 Å². The summed E-state index contributed by atoms with van der Waals surface area (Å²) in [6.07, 6.45) is 8.92. The Morgan fingerprint density at radius 1 is 1.26 bits per heavy atom. The molecule has 0 saturated carbocycles.